The van der Waals surface area contributed by atoms with Crippen LogP contribution >= 0.6 is 0 Å². The molecule has 0 aliphatic carbocycles. The van der Waals surface area contributed by atoms with Gasteiger partial charge in [-0.15, -0.1) is 0 Å². The zero-order valence-corrected chi connectivity index (χ0v) is 9.93. The summed E-state index contributed by atoms with van der Waals surface area (Å²) < 4.78 is 5.32. The third kappa shape index (κ3) is 2.58. The van der Waals surface area contributed by atoms with Crippen LogP contribution in [-0.2, 0) is 4.74 Å². The first kappa shape index (κ1) is 11.9. The van der Waals surface area contributed by atoms with Crippen LogP contribution in [0, 0.1) is 0 Å². The number of ether oxygens (including phenoxy) is 1. The van der Waals surface area contributed by atoms with Crippen molar-refractivity contribution < 1.29 is 14.6 Å². The lowest BCUT2D eigenvalue weighted by Crippen LogP contribution is -2.37. The minimum absolute atomic E-state index is 0.362. The topological polar surface area (TPSA) is 49.8 Å². The van der Waals surface area contributed by atoms with E-state index in [2.05, 4.69) is 4.90 Å². The predicted molar refractivity (Wildman–Crippen MR) is 65.6 cm³/mol. The highest BCUT2D eigenvalue weighted by Gasteiger charge is 2.21. The average molecular weight is 235 g/mol. The molecule has 17 heavy (non-hydrogen) atoms. The molecule has 1 aromatic rings. The molecule has 0 bridgehead atoms. The molecular formula is C13H17NO3. The minimum atomic E-state index is -0.875. The molecule has 1 fully saturated rings. The van der Waals surface area contributed by atoms with Crippen LogP contribution in [0.4, 0.5) is 5.69 Å². The SMILES string of the molecule is CN(c1ccccc1C(=O)O)C1CCOCC1. The number of carboxylic acids is 1. The van der Waals surface area contributed by atoms with Gasteiger partial charge in [0.15, 0.2) is 0 Å². The van der Waals surface area contributed by atoms with Gasteiger partial charge in [0, 0.05) is 26.3 Å². The van der Waals surface area contributed by atoms with Crippen molar-refractivity contribution in [2.24, 2.45) is 0 Å². The number of benzene rings is 1. The summed E-state index contributed by atoms with van der Waals surface area (Å²) in [5.41, 5.74) is 1.15. The maximum Gasteiger partial charge on any atom is 0.337 e. The highest BCUT2D eigenvalue weighted by Crippen LogP contribution is 2.24. The Bertz CT molecular complexity index is 399. The van der Waals surface area contributed by atoms with E-state index < -0.39 is 5.97 Å². The molecule has 1 aliphatic rings. The van der Waals surface area contributed by atoms with Crippen molar-refractivity contribution in [1.29, 1.82) is 0 Å². The molecule has 1 saturated heterocycles. The van der Waals surface area contributed by atoms with E-state index in [-0.39, 0.29) is 0 Å². The molecule has 1 aromatic carbocycles. The van der Waals surface area contributed by atoms with Crippen molar-refractivity contribution in [2.75, 3.05) is 25.2 Å². The minimum Gasteiger partial charge on any atom is -0.478 e. The van der Waals surface area contributed by atoms with Gasteiger partial charge in [-0.25, -0.2) is 4.79 Å². The Morgan fingerprint density at radius 1 is 1.35 bits per heavy atom. The first-order chi connectivity index (χ1) is 8.20. The summed E-state index contributed by atoms with van der Waals surface area (Å²) in [6.07, 6.45) is 1.90. The monoisotopic (exact) mass is 235 g/mol. The maximum absolute atomic E-state index is 11.2. The second-order valence-electron chi connectivity index (χ2n) is 4.28. The molecule has 1 aliphatic heterocycles. The number of anilines is 1. The van der Waals surface area contributed by atoms with E-state index in [9.17, 15) is 4.79 Å². The van der Waals surface area contributed by atoms with Crippen molar-refractivity contribution >= 4 is 11.7 Å². The summed E-state index contributed by atoms with van der Waals surface area (Å²) in [6, 6.07) is 7.50. The summed E-state index contributed by atoms with van der Waals surface area (Å²) in [6.45, 7) is 1.51. The van der Waals surface area contributed by atoms with Gasteiger partial charge in [0.25, 0.3) is 0 Å². The Balaban J connectivity index is 2.23. The molecular weight excluding hydrogens is 218 g/mol. The van der Waals surface area contributed by atoms with Crippen LogP contribution in [0.25, 0.3) is 0 Å². The lowest BCUT2D eigenvalue weighted by atomic mass is 10.0. The van der Waals surface area contributed by atoms with Gasteiger partial charge in [0.05, 0.1) is 11.3 Å². The first-order valence-electron chi connectivity index (χ1n) is 5.83. The van der Waals surface area contributed by atoms with Gasteiger partial charge < -0.3 is 14.7 Å². The molecule has 0 saturated carbocycles. The molecule has 0 unspecified atom stereocenters. The van der Waals surface area contributed by atoms with E-state index in [1.54, 1.807) is 12.1 Å². The number of nitrogens with zero attached hydrogens (tertiary/aromatic N) is 1. The second kappa shape index (κ2) is 5.19. The molecule has 0 aromatic heterocycles. The van der Waals surface area contributed by atoms with Gasteiger partial charge in [-0.3, -0.25) is 0 Å². The Labute approximate surface area is 101 Å². The number of hydrogen-bond acceptors (Lipinski definition) is 3. The van der Waals surface area contributed by atoms with Crippen LogP contribution in [0.15, 0.2) is 24.3 Å². The van der Waals surface area contributed by atoms with E-state index in [1.165, 1.54) is 0 Å². The Kier molecular flexibility index (Phi) is 3.64. The third-order valence-electron chi connectivity index (χ3n) is 3.25. The first-order valence-corrected chi connectivity index (χ1v) is 5.83. The fourth-order valence-electron chi connectivity index (χ4n) is 2.23. The van der Waals surface area contributed by atoms with Crippen LogP contribution in [0.1, 0.15) is 23.2 Å². The summed E-state index contributed by atoms with van der Waals surface area (Å²) in [7, 11) is 1.96. The largest absolute Gasteiger partial charge is 0.478 e. The van der Waals surface area contributed by atoms with Crippen LogP contribution < -0.4 is 4.90 Å². The Hall–Kier alpha value is -1.55. The zero-order valence-electron chi connectivity index (χ0n) is 9.93. The van der Waals surface area contributed by atoms with Gasteiger partial charge in [0.1, 0.15) is 0 Å². The lowest BCUT2D eigenvalue weighted by Gasteiger charge is -2.33. The van der Waals surface area contributed by atoms with Crippen molar-refractivity contribution in [3.8, 4) is 0 Å². The Morgan fingerprint density at radius 3 is 2.65 bits per heavy atom. The van der Waals surface area contributed by atoms with Gasteiger partial charge in [-0.05, 0) is 25.0 Å². The van der Waals surface area contributed by atoms with Gasteiger partial charge in [0.2, 0.25) is 0 Å². The molecule has 0 radical (unpaired) electrons. The highest BCUT2D eigenvalue weighted by molar-refractivity contribution is 5.94. The van der Waals surface area contributed by atoms with Gasteiger partial charge in [-0.1, -0.05) is 12.1 Å². The smallest absolute Gasteiger partial charge is 0.337 e. The summed E-state index contributed by atoms with van der Waals surface area (Å²) in [5.74, 6) is -0.875. The van der Waals surface area contributed by atoms with Gasteiger partial charge in [-0.2, -0.15) is 0 Å². The number of carboxylic acid groups (broad SMARTS) is 1. The van der Waals surface area contributed by atoms with Crippen LogP contribution in [0.3, 0.4) is 0 Å². The van der Waals surface area contributed by atoms with E-state index in [4.69, 9.17) is 9.84 Å². The van der Waals surface area contributed by atoms with E-state index in [1.807, 2.05) is 19.2 Å². The normalized spacial score (nSPS) is 16.8. The van der Waals surface area contributed by atoms with E-state index in [0.29, 0.717) is 11.6 Å². The fourth-order valence-corrected chi connectivity index (χ4v) is 2.23. The van der Waals surface area contributed by atoms with Crippen LogP contribution in [0.2, 0.25) is 0 Å². The average Bonchev–Trinajstić information content (AvgIpc) is 2.39. The third-order valence-corrected chi connectivity index (χ3v) is 3.25. The van der Waals surface area contributed by atoms with Crippen molar-refractivity contribution in [3.05, 3.63) is 29.8 Å². The van der Waals surface area contributed by atoms with Crippen molar-refractivity contribution in [3.63, 3.8) is 0 Å². The predicted octanol–water partition coefficient (Wildman–Crippen LogP) is 2.00. The van der Waals surface area contributed by atoms with Crippen LogP contribution in [-0.4, -0.2) is 37.4 Å². The van der Waals surface area contributed by atoms with E-state index >= 15 is 0 Å². The summed E-state index contributed by atoms with van der Waals surface area (Å²) in [4.78, 5) is 13.2. The van der Waals surface area contributed by atoms with Crippen molar-refractivity contribution in [2.45, 2.75) is 18.9 Å². The molecule has 92 valence electrons. The molecule has 0 amide bonds. The molecule has 2 rings (SSSR count). The van der Waals surface area contributed by atoms with Crippen LogP contribution in [0.5, 0.6) is 0 Å². The molecule has 0 atom stereocenters. The Morgan fingerprint density at radius 2 is 2.00 bits per heavy atom. The summed E-state index contributed by atoms with van der Waals surface area (Å²) in [5, 5.41) is 9.16. The molecule has 4 nitrogen and oxygen atoms in total. The second-order valence-corrected chi connectivity index (χ2v) is 4.28. The van der Waals surface area contributed by atoms with E-state index in [0.717, 1.165) is 31.7 Å². The number of para-hydroxylation sites is 1. The number of carbonyl (C=O) groups is 1. The zero-order chi connectivity index (χ0) is 12.3. The quantitative estimate of drug-likeness (QED) is 0.870. The maximum atomic E-state index is 11.2. The number of rotatable bonds is 3. The number of aromatic carboxylic acids is 1. The molecule has 4 heteroatoms. The lowest BCUT2D eigenvalue weighted by molar-refractivity contribution is 0.0696. The molecule has 1 N–H and O–H groups in total. The number of hydrogen-bond donors (Lipinski definition) is 1. The summed E-state index contributed by atoms with van der Waals surface area (Å²) >= 11 is 0. The standard InChI is InChI=1S/C13H17NO3/c1-14(10-6-8-17-9-7-10)12-5-3-2-4-11(12)13(15)16/h2-5,10H,6-9H2,1H3,(H,15,16). The van der Waals surface area contributed by atoms with Gasteiger partial charge >= 0.3 is 5.97 Å². The molecule has 1 heterocycles. The van der Waals surface area contributed by atoms with Crippen molar-refractivity contribution in [1.82, 2.24) is 0 Å². The molecule has 0 spiro atoms. The fraction of sp³-hybridized carbons (Fsp3) is 0.462. The highest BCUT2D eigenvalue weighted by atomic mass is 16.5.